The second-order valence-electron chi connectivity index (χ2n) is 5.97. The fraction of sp³-hybridized carbons (Fsp3) is 0.846. The number of nitrogens with zero attached hydrogens (tertiary/aromatic N) is 1. The lowest BCUT2D eigenvalue weighted by molar-refractivity contribution is -0.122. The van der Waals surface area contributed by atoms with Gasteiger partial charge in [0.2, 0.25) is 11.8 Å². The van der Waals surface area contributed by atoms with Crippen LogP contribution in [0.4, 0.5) is 0 Å². The van der Waals surface area contributed by atoms with Crippen molar-refractivity contribution in [3.8, 4) is 0 Å². The number of hydrogen-bond acceptors (Lipinski definition) is 7. The van der Waals surface area contributed by atoms with Gasteiger partial charge in [0.25, 0.3) is 0 Å². The van der Waals surface area contributed by atoms with E-state index in [0.29, 0.717) is 37.6 Å². The van der Waals surface area contributed by atoms with E-state index in [1.165, 1.54) is 0 Å². The molecule has 0 saturated carbocycles. The van der Waals surface area contributed by atoms with Gasteiger partial charge in [-0.25, -0.2) is 0 Å². The van der Waals surface area contributed by atoms with E-state index in [2.05, 4.69) is 35.9 Å². The Morgan fingerprint density at radius 1 is 0.893 bits per heavy atom. The van der Waals surface area contributed by atoms with Crippen LogP contribution in [0.15, 0.2) is 0 Å². The lowest BCUT2D eigenvalue weighted by atomic mass is 10.2. The molecule has 0 radical (unpaired) electrons. The molecule has 0 aromatic carbocycles. The lowest BCUT2D eigenvalue weighted by Crippen LogP contribution is -2.39. The summed E-state index contributed by atoms with van der Waals surface area (Å²) in [6.45, 7) is 1.39. The maximum Gasteiger partial charge on any atom is 0.340 e. The molecule has 166 valence electrons. The standard InChI is InChI=1S/C13H29N3O8P2S2/c17-11(14-4-3-13(25(19,20)21)26(22,23)24)2-1-6-16(7-9-28)10-12(18)15-5-8-27/h13,27-28H,1-10H2,(H,14,17)(H,15,18)(H2,19,20,21)(H2,22,23,24). The van der Waals surface area contributed by atoms with Gasteiger partial charge in [-0.15, -0.1) is 0 Å². The maximum atomic E-state index is 11.8. The quantitative estimate of drug-likeness (QED) is 0.110. The van der Waals surface area contributed by atoms with Crippen LogP contribution in [0, 0.1) is 0 Å². The number of nitrogens with one attached hydrogen (secondary N) is 2. The predicted octanol–water partition coefficient (Wildman–Crippen LogP) is -0.768. The Balaban J connectivity index is 4.29. The van der Waals surface area contributed by atoms with Crippen molar-refractivity contribution in [2.24, 2.45) is 0 Å². The van der Waals surface area contributed by atoms with Crippen LogP contribution >= 0.6 is 40.4 Å². The van der Waals surface area contributed by atoms with Crippen LogP contribution in [0.1, 0.15) is 19.3 Å². The minimum Gasteiger partial charge on any atom is -0.356 e. The molecule has 0 aliphatic heterocycles. The van der Waals surface area contributed by atoms with Crippen LogP contribution in [-0.2, 0) is 18.7 Å². The molecule has 0 fully saturated rings. The Hall–Kier alpha value is -0.100. The SMILES string of the molecule is O=C(CCCN(CCS)CC(=O)NCCS)NCCC(P(=O)(O)O)P(=O)(O)O. The van der Waals surface area contributed by atoms with Crippen LogP contribution in [0.25, 0.3) is 0 Å². The van der Waals surface area contributed by atoms with Crippen LogP contribution < -0.4 is 10.6 Å². The first-order chi connectivity index (χ1) is 12.9. The lowest BCUT2D eigenvalue weighted by Gasteiger charge is -2.21. The molecule has 15 heteroatoms. The van der Waals surface area contributed by atoms with E-state index in [1.54, 1.807) is 0 Å². The summed E-state index contributed by atoms with van der Waals surface area (Å²) in [5, 5.41) is 2.94. The van der Waals surface area contributed by atoms with E-state index in [0.717, 1.165) is 0 Å². The van der Waals surface area contributed by atoms with Crippen molar-refractivity contribution in [2.45, 2.75) is 24.7 Å². The maximum absolute atomic E-state index is 11.8. The van der Waals surface area contributed by atoms with Crippen molar-refractivity contribution >= 4 is 52.3 Å². The Morgan fingerprint density at radius 2 is 1.46 bits per heavy atom. The highest BCUT2D eigenvalue weighted by molar-refractivity contribution is 7.80. The summed E-state index contributed by atoms with van der Waals surface area (Å²) < 4.78 is 22.3. The molecule has 28 heavy (non-hydrogen) atoms. The normalized spacial score (nSPS) is 12.4. The molecule has 11 nitrogen and oxygen atoms in total. The smallest absolute Gasteiger partial charge is 0.340 e. The molecular weight excluding hydrogens is 452 g/mol. The van der Waals surface area contributed by atoms with E-state index >= 15 is 0 Å². The van der Waals surface area contributed by atoms with Crippen LogP contribution in [0.5, 0.6) is 0 Å². The molecular formula is C13H29N3O8P2S2. The predicted molar refractivity (Wildman–Crippen MR) is 112 cm³/mol. The first-order valence-corrected chi connectivity index (χ1v) is 13.1. The van der Waals surface area contributed by atoms with Crippen LogP contribution in [-0.4, -0.2) is 85.9 Å². The largest absolute Gasteiger partial charge is 0.356 e. The van der Waals surface area contributed by atoms with Crippen LogP contribution in [0.3, 0.4) is 0 Å². The molecule has 0 aliphatic carbocycles. The first kappa shape index (κ1) is 27.9. The third-order valence-corrected chi connectivity index (χ3v) is 7.89. The molecule has 0 aromatic rings. The van der Waals surface area contributed by atoms with E-state index < -0.39 is 32.9 Å². The van der Waals surface area contributed by atoms with E-state index in [1.807, 2.05) is 4.90 Å². The van der Waals surface area contributed by atoms with E-state index in [9.17, 15) is 18.7 Å². The van der Waals surface area contributed by atoms with Gasteiger partial charge in [0.15, 0.2) is 5.40 Å². The van der Waals surface area contributed by atoms with Crippen molar-refractivity contribution in [2.75, 3.05) is 44.2 Å². The number of amides is 2. The van der Waals surface area contributed by atoms with E-state index in [-0.39, 0.29) is 25.4 Å². The van der Waals surface area contributed by atoms with Gasteiger partial charge < -0.3 is 30.2 Å². The van der Waals surface area contributed by atoms with Gasteiger partial charge >= 0.3 is 15.2 Å². The van der Waals surface area contributed by atoms with Gasteiger partial charge in [-0.3, -0.25) is 23.6 Å². The van der Waals surface area contributed by atoms with Gasteiger partial charge in [-0.05, 0) is 19.4 Å². The molecule has 6 N–H and O–H groups in total. The van der Waals surface area contributed by atoms with Crippen molar-refractivity contribution in [1.82, 2.24) is 15.5 Å². The molecule has 0 bridgehead atoms. The Kier molecular flexibility index (Phi) is 14.0. The number of rotatable bonds is 15. The summed E-state index contributed by atoms with van der Waals surface area (Å²) in [5.41, 5.74) is 0. The van der Waals surface area contributed by atoms with Crippen LogP contribution in [0.2, 0.25) is 0 Å². The molecule has 0 aliphatic rings. The third kappa shape index (κ3) is 13.2. The fourth-order valence-electron chi connectivity index (χ4n) is 2.29. The van der Waals surface area contributed by atoms with Gasteiger partial charge in [-0.1, -0.05) is 0 Å². The van der Waals surface area contributed by atoms with Crippen molar-refractivity contribution in [1.29, 1.82) is 0 Å². The second kappa shape index (κ2) is 14.0. The van der Waals surface area contributed by atoms with Gasteiger partial charge in [0, 0.05) is 37.6 Å². The highest BCUT2D eigenvalue weighted by Gasteiger charge is 2.42. The molecule has 0 rings (SSSR count). The third-order valence-electron chi connectivity index (χ3n) is 3.60. The highest BCUT2D eigenvalue weighted by Crippen LogP contribution is 2.61. The average Bonchev–Trinajstić information content (AvgIpc) is 2.54. The van der Waals surface area contributed by atoms with Gasteiger partial charge in [-0.2, -0.15) is 25.3 Å². The Labute approximate surface area is 175 Å². The number of hydrogen-bond donors (Lipinski definition) is 8. The minimum atomic E-state index is -4.99. The average molecular weight is 481 g/mol. The summed E-state index contributed by atoms with van der Waals surface area (Å²) >= 11 is 8.14. The zero-order valence-corrected chi connectivity index (χ0v) is 18.9. The zero-order valence-electron chi connectivity index (χ0n) is 15.3. The molecule has 2 amide bonds. The number of thiol groups is 2. The Morgan fingerprint density at radius 3 is 1.96 bits per heavy atom. The highest BCUT2D eigenvalue weighted by atomic mass is 32.1. The molecule has 0 unspecified atom stereocenters. The van der Waals surface area contributed by atoms with Crippen molar-refractivity contribution in [3.05, 3.63) is 0 Å². The molecule has 0 spiro atoms. The van der Waals surface area contributed by atoms with Gasteiger partial charge in [0.05, 0.1) is 6.54 Å². The van der Waals surface area contributed by atoms with Crippen molar-refractivity contribution < 1.29 is 38.3 Å². The summed E-state index contributed by atoms with van der Waals surface area (Å²) in [4.78, 5) is 61.4. The number of carbonyl (C=O) groups excluding carboxylic acids is 2. The van der Waals surface area contributed by atoms with Crippen molar-refractivity contribution in [3.63, 3.8) is 0 Å². The Bertz CT molecular complexity index is 564. The minimum absolute atomic E-state index is 0.0951. The molecule has 0 saturated heterocycles. The summed E-state index contributed by atoms with van der Waals surface area (Å²) in [5.74, 6) is 0.503. The number of carbonyl (C=O) groups is 2. The monoisotopic (exact) mass is 481 g/mol. The summed E-state index contributed by atoms with van der Waals surface area (Å²) in [6.07, 6.45) is -0.0188. The summed E-state index contributed by atoms with van der Waals surface area (Å²) in [7, 11) is -9.98. The van der Waals surface area contributed by atoms with Gasteiger partial charge in [0.1, 0.15) is 0 Å². The molecule has 0 aromatic heterocycles. The second-order valence-corrected chi connectivity index (χ2v) is 10.9. The summed E-state index contributed by atoms with van der Waals surface area (Å²) in [6, 6.07) is 0. The molecule has 0 heterocycles. The fourth-order valence-corrected chi connectivity index (χ4v) is 5.18. The topological polar surface area (TPSA) is 176 Å². The molecule has 0 atom stereocenters. The van der Waals surface area contributed by atoms with E-state index in [4.69, 9.17) is 19.6 Å². The zero-order chi connectivity index (χ0) is 21.8. The first-order valence-electron chi connectivity index (χ1n) is 8.49.